The van der Waals surface area contributed by atoms with Crippen LogP contribution in [0.1, 0.15) is 36.7 Å². The van der Waals surface area contributed by atoms with Crippen molar-refractivity contribution >= 4 is 7.60 Å². The zero-order chi connectivity index (χ0) is 18.1. The predicted octanol–water partition coefficient (Wildman–Crippen LogP) is 4.49. The van der Waals surface area contributed by atoms with Gasteiger partial charge in [-0.25, -0.2) is 0 Å². The van der Waals surface area contributed by atoms with Crippen LogP contribution in [0.5, 0.6) is 5.75 Å². The standard InChI is InChI=1S/C19H26NO4P/c1-3-4-14-20-19(17-10-12-18(23-2)13-11-17)25(21,22)24-15-16-8-6-5-7-9-16/h5-13,19-20H,3-4,14-15H2,1-2H3,(H,21,22). The van der Waals surface area contributed by atoms with Crippen molar-refractivity contribution in [3.05, 3.63) is 65.7 Å². The Hall–Kier alpha value is -1.65. The van der Waals surface area contributed by atoms with Crippen molar-refractivity contribution in [2.75, 3.05) is 13.7 Å². The third-order valence-corrected chi connectivity index (χ3v) is 5.52. The number of methoxy groups -OCH3 is 1. The summed E-state index contributed by atoms with van der Waals surface area (Å²) in [6, 6.07) is 16.5. The van der Waals surface area contributed by atoms with Crippen LogP contribution in [-0.4, -0.2) is 18.5 Å². The van der Waals surface area contributed by atoms with Crippen molar-refractivity contribution < 1.29 is 18.7 Å². The summed E-state index contributed by atoms with van der Waals surface area (Å²) >= 11 is 0. The molecule has 0 aliphatic heterocycles. The number of hydrogen-bond acceptors (Lipinski definition) is 4. The molecule has 5 nitrogen and oxygen atoms in total. The molecule has 136 valence electrons. The van der Waals surface area contributed by atoms with Gasteiger partial charge < -0.3 is 14.2 Å². The number of ether oxygens (including phenoxy) is 1. The summed E-state index contributed by atoms with van der Waals surface area (Å²) in [5.74, 6) is -0.0669. The highest BCUT2D eigenvalue weighted by atomic mass is 31.2. The predicted molar refractivity (Wildman–Crippen MR) is 99.7 cm³/mol. The second-order valence-electron chi connectivity index (χ2n) is 5.81. The Balaban J connectivity index is 2.14. The van der Waals surface area contributed by atoms with Crippen molar-refractivity contribution in [3.8, 4) is 5.75 Å². The van der Waals surface area contributed by atoms with Crippen LogP contribution in [0.15, 0.2) is 54.6 Å². The Morgan fingerprint density at radius 3 is 2.40 bits per heavy atom. The van der Waals surface area contributed by atoms with Crippen molar-refractivity contribution in [2.24, 2.45) is 0 Å². The third kappa shape index (κ3) is 5.98. The van der Waals surface area contributed by atoms with Gasteiger partial charge in [0.25, 0.3) is 0 Å². The SMILES string of the molecule is CCCCNC(c1ccc(OC)cc1)P(=O)(O)OCc1ccccc1. The molecule has 2 rings (SSSR count). The van der Waals surface area contributed by atoms with Crippen LogP contribution in [0.4, 0.5) is 0 Å². The van der Waals surface area contributed by atoms with Crippen molar-refractivity contribution in [3.63, 3.8) is 0 Å². The largest absolute Gasteiger partial charge is 0.497 e. The molecule has 0 radical (unpaired) electrons. The highest BCUT2D eigenvalue weighted by molar-refractivity contribution is 7.53. The van der Waals surface area contributed by atoms with Gasteiger partial charge >= 0.3 is 7.60 Å². The monoisotopic (exact) mass is 363 g/mol. The van der Waals surface area contributed by atoms with Gasteiger partial charge in [0.1, 0.15) is 11.5 Å². The second-order valence-corrected chi connectivity index (χ2v) is 7.71. The van der Waals surface area contributed by atoms with Crippen LogP contribution in [0.3, 0.4) is 0 Å². The lowest BCUT2D eigenvalue weighted by Crippen LogP contribution is -2.23. The van der Waals surface area contributed by atoms with Crippen LogP contribution in [0.25, 0.3) is 0 Å². The highest BCUT2D eigenvalue weighted by Crippen LogP contribution is 2.55. The van der Waals surface area contributed by atoms with Gasteiger partial charge in [0.2, 0.25) is 0 Å². The van der Waals surface area contributed by atoms with Gasteiger partial charge in [0, 0.05) is 0 Å². The molecular formula is C19H26NO4P. The summed E-state index contributed by atoms with van der Waals surface area (Å²) < 4.78 is 23.5. The topological polar surface area (TPSA) is 67.8 Å². The third-order valence-electron chi connectivity index (χ3n) is 3.88. The van der Waals surface area contributed by atoms with E-state index in [1.165, 1.54) is 0 Å². The van der Waals surface area contributed by atoms with Crippen LogP contribution in [-0.2, 0) is 15.7 Å². The number of rotatable bonds is 10. The second kappa shape index (κ2) is 9.73. The Morgan fingerprint density at radius 2 is 1.80 bits per heavy atom. The van der Waals surface area contributed by atoms with Crippen LogP contribution in [0, 0.1) is 0 Å². The Labute approximate surface area is 149 Å². The molecule has 0 spiro atoms. The summed E-state index contributed by atoms with van der Waals surface area (Å²) in [5.41, 5.74) is 1.56. The molecule has 0 saturated carbocycles. The molecule has 0 fully saturated rings. The first-order valence-electron chi connectivity index (χ1n) is 8.45. The summed E-state index contributed by atoms with van der Waals surface area (Å²) in [7, 11) is -2.32. The quantitative estimate of drug-likeness (QED) is 0.481. The molecule has 0 aromatic heterocycles. The number of hydrogen-bond donors (Lipinski definition) is 2. The zero-order valence-electron chi connectivity index (χ0n) is 14.7. The fraction of sp³-hybridized carbons (Fsp3) is 0.368. The molecule has 2 atom stereocenters. The maximum absolute atomic E-state index is 12.9. The van der Waals surface area contributed by atoms with Crippen molar-refractivity contribution in [2.45, 2.75) is 32.2 Å². The van der Waals surface area contributed by atoms with E-state index in [9.17, 15) is 9.46 Å². The van der Waals surface area contributed by atoms with Gasteiger partial charge in [0.05, 0.1) is 13.7 Å². The maximum atomic E-state index is 12.9. The first kappa shape index (κ1) is 19.7. The molecule has 0 aliphatic rings. The molecule has 6 heteroatoms. The smallest absolute Gasteiger partial charge is 0.349 e. The van der Waals surface area contributed by atoms with Crippen LogP contribution >= 0.6 is 7.60 Å². The normalized spacial score (nSPS) is 14.7. The van der Waals surface area contributed by atoms with E-state index in [0.717, 1.165) is 18.4 Å². The minimum atomic E-state index is -3.91. The van der Waals surface area contributed by atoms with Crippen molar-refractivity contribution in [1.82, 2.24) is 5.32 Å². The molecule has 0 amide bonds. The number of nitrogens with one attached hydrogen (secondary N) is 1. The van der Waals surface area contributed by atoms with E-state index < -0.39 is 13.4 Å². The van der Waals surface area contributed by atoms with E-state index in [1.807, 2.05) is 30.3 Å². The highest BCUT2D eigenvalue weighted by Gasteiger charge is 2.33. The Bertz CT molecular complexity index is 676. The van der Waals surface area contributed by atoms with Gasteiger partial charge in [-0.3, -0.25) is 9.88 Å². The van der Waals surface area contributed by atoms with E-state index in [-0.39, 0.29) is 6.61 Å². The van der Waals surface area contributed by atoms with Gasteiger partial charge in [0.15, 0.2) is 0 Å². The molecule has 0 heterocycles. The van der Waals surface area contributed by atoms with Crippen LogP contribution in [0.2, 0.25) is 0 Å². The van der Waals surface area contributed by atoms with E-state index in [4.69, 9.17) is 9.26 Å². The lowest BCUT2D eigenvalue weighted by Gasteiger charge is -2.24. The first-order chi connectivity index (χ1) is 12.1. The molecule has 0 bridgehead atoms. The molecule has 2 unspecified atom stereocenters. The van der Waals surface area contributed by atoms with Gasteiger partial charge in [-0.2, -0.15) is 0 Å². The van der Waals surface area contributed by atoms with E-state index in [2.05, 4.69) is 12.2 Å². The lowest BCUT2D eigenvalue weighted by atomic mass is 10.2. The van der Waals surface area contributed by atoms with E-state index >= 15 is 0 Å². The minimum Gasteiger partial charge on any atom is -0.497 e. The molecule has 0 saturated heterocycles. The Kier molecular flexibility index (Phi) is 7.66. The minimum absolute atomic E-state index is 0.0940. The van der Waals surface area contributed by atoms with E-state index in [0.29, 0.717) is 17.9 Å². The number of benzene rings is 2. The van der Waals surface area contributed by atoms with Crippen molar-refractivity contribution in [1.29, 1.82) is 0 Å². The van der Waals surface area contributed by atoms with Crippen LogP contribution < -0.4 is 10.1 Å². The molecule has 2 aromatic carbocycles. The van der Waals surface area contributed by atoms with Gasteiger partial charge in [-0.15, -0.1) is 0 Å². The first-order valence-corrected chi connectivity index (χ1v) is 10.1. The molecule has 2 N–H and O–H groups in total. The number of unbranched alkanes of at least 4 members (excludes halogenated alkanes) is 1. The molecular weight excluding hydrogens is 337 g/mol. The maximum Gasteiger partial charge on any atom is 0.349 e. The zero-order valence-corrected chi connectivity index (χ0v) is 15.6. The fourth-order valence-corrected chi connectivity index (χ4v) is 3.83. The Morgan fingerprint density at radius 1 is 1.12 bits per heavy atom. The summed E-state index contributed by atoms with van der Waals surface area (Å²) in [6.45, 7) is 2.82. The van der Waals surface area contributed by atoms with E-state index in [1.54, 1.807) is 31.4 Å². The van der Waals surface area contributed by atoms with Gasteiger partial charge in [-0.1, -0.05) is 55.8 Å². The lowest BCUT2D eigenvalue weighted by molar-refractivity contribution is 0.237. The summed E-state index contributed by atoms with van der Waals surface area (Å²) in [6.07, 6.45) is 1.92. The average molecular weight is 363 g/mol. The molecule has 0 aliphatic carbocycles. The molecule has 25 heavy (non-hydrogen) atoms. The average Bonchev–Trinajstić information content (AvgIpc) is 2.65. The summed E-state index contributed by atoms with van der Waals surface area (Å²) in [4.78, 5) is 10.6. The molecule has 2 aromatic rings. The fourth-order valence-electron chi connectivity index (χ4n) is 2.44. The summed E-state index contributed by atoms with van der Waals surface area (Å²) in [5, 5.41) is 3.17. The van der Waals surface area contributed by atoms with Gasteiger partial charge in [-0.05, 0) is 36.2 Å².